The SMILES string of the molecule is CC(NC(=O)C(C(=O)O)C(C)(C)C)C1CCCO1. The molecule has 1 aliphatic rings. The smallest absolute Gasteiger partial charge is 0.316 e. The number of nitrogens with one attached hydrogen (secondary N) is 1. The zero-order valence-corrected chi connectivity index (χ0v) is 11.5. The maximum absolute atomic E-state index is 12.1. The van der Waals surface area contributed by atoms with Crippen LogP contribution in [0.5, 0.6) is 0 Å². The van der Waals surface area contributed by atoms with E-state index >= 15 is 0 Å². The van der Waals surface area contributed by atoms with Crippen LogP contribution < -0.4 is 5.32 Å². The van der Waals surface area contributed by atoms with Crippen LogP contribution in [0.4, 0.5) is 0 Å². The monoisotopic (exact) mass is 257 g/mol. The lowest BCUT2D eigenvalue weighted by atomic mass is 9.80. The van der Waals surface area contributed by atoms with Crippen LogP contribution in [-0.2, 0) is 14.3 Å². The van der Waals surface area contributed by atoms with E-state index in [1.54, 1.807) is 20.8 Å². The second-order valence-electron chi connectivity index (χ2n) is 5.99. The number of carboxylic acids is 1. The van der Waals surface area contributed by atoms with E-state index in [0.717, 1.165) is 12.8 Å². The summed E-state index contributed by atoms with van der Waals surface area (Å²) in [6.07, 6.45) is 1.91. The molecule has 0 aromatic rings. The molecule has 1 rings (SSSR count). The van der Waals surface area contributed by atoms with E-state index in [1.807, 2.05) is 6.92 Å². The molecule has 0 spiro atoms. The van der Waals surface area contributed by atoms with Gasteiger partial charge in [-0.25, -0.2) is 0 Å². The molecule has 3 unspecified atom stereocenters. The Bertz CT molecular complexity index is 315. The van der Waals surface area contributed by atoms with Crippen molar-refractivity contribution in [2.75, 3.05) is 6.61 Å². The summed E-state index contributed by atoms with van der Waals surface area (Å²) in [6.45, 7) is 7.83. The van der Waals surface area contributed by atoms with Gasteiger partial charge in [-0.2, -0.15) is 0 Å². The van der Waals surface area contributed by atoms with Crippen LogP contribution in [0, 0.1) is 11.3 Å². The molecule has 0 bridgehead atoms. The minimum Gasteiger partial charge on any atom is -0.481 e. The standard InChI is InChI=1S/C13H23NO4/c1-8(9-6-5-7-18-9)14-11(15)10(12(16)17)13(2,3)4/h8-10H,5-7H2,1-4H3,(H,14,15)(H,16,17). The maximum atomic E-state index is 12.1. The average Bonchev–Trinajstić information content (AvgIpc) is 2.65. The van der Waals surface area contributed by atoms with Crippen LogP contribution in [0.1, 0.15) is 40.5 Å². The fourth-order valence-corrected chi connectivity index (χ4v) is 2.27. The molecule has 1 saturated heterocycles. The highest BCUT2D eigenvalue weighted by atomic mass is 16.5. The zero-order valence-electron chi connectivity index (χ0n) is 11.5. The molecule has 2 N–H and O–H groups in total. The quantitative estimate of drug-likeness (QED) is 0.747. The lowest BCUT2D eigenvalue weighted by Gasteiger charge is -2.28. The van der Waals surface area contributed by atoms with Crippen molar-refractivity contribution in [1.82, 2.24) is 5.32 Å². The van der Waals surface area contributed by atoms with Gasteiger partial charge in [0.1, 0.15) is 5.92 Å². The summed E-state index contributed by atoms with van der Waals surface area (Å²) in [5.74, 6) is -2.56. The first kappa shape index (κ1) is 15.0. The number of aliphatic carboxylic acids is 1. The van der Waals surface area contributed by atoms with Crippen molar-refractivity contribution in [3.05, 3.63) is 0 Å². The van der Waals surface area contributed by atoms with Gasteiger partial charge >= 0.3 is 5.97 Å². The first-order valence-corrected chi connectivity index (χ1v) is 6.38. The highest BCUT2D eigenvalue weighted by molar-refractivity contribution is 5.97. The van der Waals surface area contributed by atoms with Crippen molar-refractivity contribution in [2.45, 2.75) is 52.7 Å². The second kappa shape index (κ2) is 5.69. The van der Waals surface area contributed by atoms with Gasteiger partial charge in [0, 0.05) is 6.61 Å². The van der Waals surface area contributed by atoms with Gasteiger partial charge in [-0.15, -0.1) is 0 Å². The third-order valence-corrected chi connectivity index (χ3v) is 3.27. The van der Waals surface area contributed by atoms with Crippen molar-refractivity contribution in [1.29, 1.82) is 0 Å². The van der Waals surface area contributed by atoms with Crippen molar-refractivity contribution in [2.24, 2.45) is 11.3 Å². The van der Waals surface area contributed by atoms with E-state index in [-0.39, 0.29) is 12.1 Å². The Kier molecular flexibility index (Phi) is 4.73. The third kappa shape index (κ3) is 3.70. The molecule has 5 nitrogen and oxygen atoms in total. The van der Waals surface area contributed by atoms with E-state index in [4.69, 9.17) is 9.84 Å². The number of hydrogen-bond donors (Lipinski definition) is 2. The molecule has 0 aromatic carbocycles. The normalized spacial score (nSPS) is 23.4. The molecule has 0 aliphatic carbocycles. The molecule has 1 fully saturated rings. The molecule has 1 heterocycles. The minimum atomic E-state index is -1.08. The fraction of sp³-hybridized carbons (Fsp3) is 0.846. The van der Waals surface area contributed by atoms with Gasteiger partial charge in [0.25, 0.3) is 0 Å². The van der Waals surface area contributed by atoms with Gasteiger partial charge < -0.3 is 15.2 Å². The minimum absolute atomic E-state index is 0.00311. The average molecular weight is 257 g/mol. The summed E-state index contributed by atoms with van der Waals surface area (Å²) in [5.41, 5.74) is -0.605. The largest absolute Gasteiger partial charge is 0.481 e. The molecule has 0 aromatic heterocycles. The molecule has 5 heteroatoms. The van der Waals surface area contributed by atoms with Gasteiger partial charge in [0.15, 0.2) is 0 Å². The van der Waals surface area contributed by atoms with E-state index in [9.17, 15) is 9.59 Å². The molecule has 104 valence electrons. The molecule has 3 atom stereocenters. The van der Waals surface area contributed by atoms with E-state index in [2.05, 4.69) is 5.32 Å². The fourth-order valence-electron chi connectivity index (χ4n) is 2.27. The highest BCUT2D eigenvalue weighted by Crippen LogP contribution is 2.27. The molecule has 0 saturated carbocycles. The molecule has 0 radical (unpaired) electrons. The number of amides is 1. The molecule has 1 amide bonds. The van der Waals surface area contributed by atoms with Gasteiger partial charge in [-0.05, 0) is 25.2 Å². The first-order valence-electron chi connectivity index (χ1n) is 6.38. The summed E-state index contributed by atoms with van der Waals surface area (Å²) in [6, 6.07) is -0.149. The summed E-state index contributed by atoms with van der Waals surface area (Å²) in [4.78, 5) is 23.2. The summed E-state index contributed by atoms with van der Waals surface area (Å²) in [5, 5.41) is 11.9. The van der Waals surface area contributed by atoms with Crippen LogP contribution in [0.2, 0.25) is 0 Å². The van der Waals surface area contributed by atoms with Gasteiger partial charge in [-0.3, -0.25) is 9.59 Å². The van der Waals surface area contributed by atoms with Crippen LogP contribution in [-0.4, -0.2) is 35.7 Å². The van der Waals surface area contributed by atoms with E-state index in [1.165, 1.54) is 0 Å². The Morgan fingerprint density at radius 3 is 2.39 bits per heavy atom. The number of carboxylic acid groups (broad SMARTS) is 1. The van der Waals surface area contributed by atoms with Crippen LogP contribution >= 0.6 is 0 Å². The molecular weight excluding hydrogens is 234 g/mol. The summed E-state index contributed by atoms with van der Waals surface area (Å²) in [7, 11) is 0. The number of ether oxygens (including phenoxy) is 1. The first-order chi connectivity index (χ1) is 8.23. The maximum Gasteiger partial charge on any atom is 0.316 e. The number of carbonyl (C=O) groups excluding carboxylic acids is 1. The van der Waals surface area contributed by atoms with Crippen LogP contribution in [0.25, 0.3) is 0 Å². The number of rotatable bonds is 4. The Labute approximate surface area is 108 Å². The lowest BCUT2D eigenvalue weighted by Crippen LogP contribution is -2.48. The zero-order chi connectivity index (χ0) is 13.9. The van der Waals surface area contributed by atoms with Gasteiger partial charge in [0.05, 0.1) is 12.1 Å². The second-order valence-corrected chi connectivity index (χ2v) is 5.99. The van der Waals surface area contributed by atoms with Gasteiger partial charge in [-0.1, -0.05) is 20.8 Å². The molecular formula is C13H23NO4. The Hall–Kier alpha value is -1.10. The third-order valence-electron chi connectivity index (χ3n) is 3.27. The number of hydrogen-bond acceptors (Lipinski definition) is 3. The lowest BCUT2D eigenvalue weighted by molar-refractivity contribution is -0.152. The molecule has 18 heavy (non-hydrogen) atoms. The topological polar surface area (TPSA) is 75.6 Å². The number of carbonyl (C=O) groups is 2. The van der Waals surface area contributed by atoms with E-state index < -0.39 is 23.2 Å². The Balaban J connectivity index is 2.64. The predicted molar refractivity (Wildman–Crippen MR) is 67.2 cm³/mol. The summed E-state index contributed by atoms with van der Waals surface area (Å²) < 4.78 is 5.48. The molecule has 1 aliphatic heterocycles. The van der Waals surface area contributed by atoms with E-state index in [0.29, 0.717) is 6.61 Å². The van der Waals surface area contributed by atoms with Crippen molar-refractivity contribution in [3.8, 4) is 0 Å². The van der Waals surface area contributed by atoms with Gasteiger partial charge in [0.2, 0.25) is 5.91 Å². The van der Waals surface area contributed by atoms with Crippen molar-refractivity contribution >= 4 is 11.9 Å². The van der Waals surface area contributed by atoms with Crippen molar-refractivity contribution < 1.29 is 19.4 Å². The van der Waals surface area contributed by atoms with Crippen LogP contribution in [0.15, 0.2) is 0 Å². The Morgan fingerprint density at radius 1 is 1.39 bits per heavy atom. The van der Waals surface area contributed by atoms with Crippen molar-refractivity contribution in [3.63, 3.8) is 0 Å². The highest BCUT2D eigenvalue weighted by Gasteiger charge is 2.38. The summed E-state index contributed by atoms with van der Waals surface area (Å²) >= 11 is 0. The van der Waals surface area contributed by atoms with Crippen LogP contribution in [0.3, 0.4) is 0 Å². The Morgan fingerprint density at radius 2 is 2.00 bits per heavy atom. The predicted octanol–water partition coefficient (Wildman–Crippen LogP) is 1.42.